The zero-order valence-electron chi connectivity index (χ0n) is 15.9. The lowest BCUT2D eigenvalue weighted by atomic mass is 9.47. The Morgan fingerprint density at radius 3 is 2.64 bits per heavy atom. The highest BCUT2D eigenvalue weighted by molar-refractivity contribution is 5.34. The first-order valence-corrected chi connectivity index (χ1v) is 10.6. The van der Waals surface area contributed by atoms with Crippen LogP contribution in [-0.2, 0) is 0 Å². The van der Waals surface area contributed by atoms with Gasteiger partial charge in [-0.25, -0.2) is 0 Å². The van der Waals surface area contributed by atoms with Crippen LogP contribution >= 0.6 is 0 Å². The van der Waals surface area contributed by atoms with E-state index >= 15 is 0 Å². The Kier molecular flexibility index (Phi) is 3.56. The topological polar surface area (TPSA) is 0 Å². The van der Waals surface area contributed by atoms with Crippen LogP contribution in [0.2, 0.25) is 0 Å². The van der Waals surface area contributed by atoms with Crippen LogP contribution in [0.4, 0.5) is 0 Å². The highest BCUT2D eigenvalue weighted by Gasteiger charge is 2.56. The fraction of sp³-hybridized carbons (Fsp3) is 0.600. The van der Waals surface area contributed by atoms with E-state index in [-0.39, 0.29) is 0 Å². The molecule has 4 aliphatic rings. The van der Waals surface area contributed by atoms with E-state index < -0.39 is 0 Å². The lowest BCUT2D eigenvalue weighted by molar-refractivity contribution is -0.0193. The first-order valence-electron chi connectivity index (χ1n) is 10.6. The Labute approximate surface area is 153 Å². The van der Waals surface area contributed by atoms with Gasteiger partial charge in [0.1, 0.15) is 0 Å². The second-order valence-corrected chi connectivity index (χ2v) is 9.70. The minimum atomic E-state index is 0.429. The van der Waals surface area contributed by atoms with Crippen LogP contribution in [0.25, 0.3) is 0 Å². The van der Waals surface area contributed by atoms with Crippen LogP contribution in [0.1, 0.15) is 70.3 Å². The van der Waals surface area contributed by atoms with Crippen molar-refractivity contribution in [1.82, 2.24) is 0 Å². The van der Waals surface area contributed by atoms with Gasteiger partial charge in [0.2, 0.25) is 0 Å². The van der Waals surface area contributed by atoms with Gasteiger partial charge in [0.15, 0.2) is 0 Å². The third-order valence-corrected chi connectivity index (χ3v) is 8.69. The summed E-state index contributed by atoms with van der Waals surface area (Å²) in [5, 5.41) is 0. The number of allylic oxidation sites excluding steroid dienone is 4. The Bertz CT molecular complexity index is 711. The highest BCUT2D eigenvalue weighted by Crippen LogP contribution is 2.65. The van der Waals surface area contributed by atoms with Gasteiger partial charge in [-0.05, 0) is 72.7 Å². The van der Waals surface area contributed by atoms with Gasteiger partial charge in [0.05, 0.1) is 0 Å². The quantitative estimate of drug-likeness (QED) is 0.491. The van der Waals surface area contributed by atoms with Crippen molar-refractivity contribution in [2.24, 2.45) is 28.6 Å². The molecular weight excluding hydrogens is 300 g/mol. The van der Waals surface area contributed by atoms with Gasteiger partial charge in [-0.2, -0.15) is 0 Å². The summed E-state index contributed by atoms with van der Waals surface area (Å²) in [6, 6.07) is 11.3. The van der Waals surface area contributed by atoms with Crippen molar-refractivity contribution < 1.29 is 0 Å². The fourth-order valence-corrected chi connectivity index (χ4v) is 7.31. The molecule has 2 saturated carbocycles. The molecule has 1 aromatic rings. The number of hydrogen-bond acceptors (Lipinski definition) is 0. The molecule has 5 rings (SSSR count). The molecule has 0 N–H and O–H groups in total. The molecule has 0 aliphatic heterocycles. The molecule has 0 nitrogen and oxygen atoms in total. The largest absolute Gasteiger partial charge is 0.0845 e. The predicted molar refractivity (Wildman–Crippen MR) is 105 cm³/mol. The molecule has 0 heterocycles. The number of fused-ring (bicyclic) bond motifs is 5. The number of benzene rings is 1. The van der Waals surface area contributed by atoms with Gasteiger partial charge in [-0.15, -0.1) is 0 Å². The smallest absolute Gasteiger partial charge is 0.00776 e. The molecule has 2 fully saturated rings. The van der Waals surface area contributed by atoms with Crippen molar-refractivity contribution in [2.75, 3.05) is 0 Å². The lowest BCUT2D eigenvalue weighted by Crippen LogP contribution is -2.49. The average molecular weight is 333 g/mol. The molecule has 0 unspecified atom stereocenters. The minimum absolute atomic E-state index is 0.429. The number of hydrogen-bond donors (Lipinski definition) is 0. The molecule has 0 amide bonds. The molecule has 0 spiro atoms. The Balaban J connectivity index is 1.49. The third kappa shape index (κ3) is 2.19. The SMILES string of the molecule is C[C@]12CC[C@H]3[C@@H](CC=C4CCCC[C@@]43C)[C@@H]1C=C[C@@H]2c1ccccc1. The summed E-state index contributed by atoms with van der Waals surface area (Å²) in [6.07, 6.45) is 17.7. The monoisotopic (exact) mass is 332 g/mol. The summed E-state index contributed by atoms with van der Waals surface area (Å²) < 4.78 is 0. The fourth-order valence-electron chi connectivity index (χ4n) is 7.31. The Hall–Kier alpha value is -1.30. The van der Waals surface area contributed by atoms with E-state index in [4.69, 9.17) is 0 Å². The molecule has 6 atom stereocenters. The summed E-state index contributed by atoms with van der Waals surface area (Å²) in [5.74, 6) is 3.18. The standard InChI is InChI=1S/C25H32/c1-24-16-7-6-10-19(24)11-12-20-22-14-13-21(18-8-4-3-5-9-18)25(22,2)17-15-23(20)24/h3-5,8-9,11,13-14,20-23H,6-7,10,12,15-17H2,1-2H3/t20-,21+,22-,23-,24-,25+/m0/s1. The summed E-state index contributed by atoms with van der Waals surface area (Å²) in [5.41, 5.74) is 4.29. The third-order valence-electron chi connectivity index (χ3n) is 8.69. The first-order chi connectivity index (χ1) is 12.1. The predicted octanol–water partition coefficient (Wildman–Crippen LogP) is 6.90. The second kappa shape index (κ2) is 5.60. The van der Waals surface area contributed by atoms with Crippen LogP contribution in [0.3, 0.4) is 0 Å². The normalized spacial score (nSPS) is 45.3. The second-order valence-electron chi connectivity index (χ2n) is 9.70. The Morgan fingerprint density at radius 1 is 0.960 bits per heavy atom. The van der Waals surface area contributed by atoms with E-state index in [0.717, 1.165) is 17.8 Å². The van der Waals surface area contributed by atoms with Gasteiger partial charge in [-0.1, -0.05) is 74.4 Å². The minimum Gasteiger partial charge on any atom is -0.0845 e. The van der Waals surface area contributed by atoms with Crippen LogP contribution in [0.15, 0.2) is 54.1 Å². The van der Waals surface area contributed by atoms with E-state index in [1.807, 2.05) is 5.57 Å². The molecular formula is C25H32. The molecule has 0 heteroatoms. The van der Waals surface area contributed by atoms with Gasteiger partial charge in [0.25, 0.3) is 0 Å². The molecule has 132 valence electrons. The van der Waals surface area contributed by atoms with Crippen molar-refractivity contribution >= 4 is 0 Å². The van der Waals surface area contributed by atoms with Crippen molar-refractivity contribution in [3.8, 4) is 0 Å². The van der Waals surface area contributed by atoms with Gasteiger partial charge < -0.3 is 0 Å². The van der Waals surface area contributed by atoms with E-state index in [9.17, 15) is 0 Å². The molecule has 25 heavy (non-hydrogen) atoms. The van der Waals surface area contributed by atoms with E-state index in [1.165, 1.54) is 50.5 Å². The zero-order chi connectivity index (χ0) is 17.1. The summed E-state index contributed by atoms with van der Waals surface area (Å²) in [7, 11) is 0. The van der Waals surface area contributed by atoms with Gasteiger partial charge >= 0.3 is 0 Å². The van der Waals surface area contributed by atoms with Gasteiger partial charge in [-0.3, -0.25) is 0 Å². The van der Waals surface area contributed by atoms with E-state index in [0.29, 0.717) is 16.7 Å². The Morgan fingerprint density at radius 2 is 1.80 bits per heavy atom. The molecule has 4 aliphatic carbocycles. The summed E-state index contributed by atoms with van der Waals surface area (Å²) in [4.78, 5) is 0. The van der Waals surface area contributed by atoms with Crippen molar-refractivity contribution in [3.05, 3.63) is 59.7 Å². The lowest BCUT2D eigenvalue weighted by Gasteiger charge is -2.57. The summed E-state index contributed by atoms with van der Waals surface area (Å²) in [6.45, 7) is 5.21. The maximum absolute atomic E-state index is 2.68. The maximum atomic E-state index is 2.68. The average Bonchev–Trinajstić information content (AvgIpc) is 2.99. The zero-order valence-corrected chi connectivity index (χ0v) is 15.9. The van der Waals surface area contributed by atoms with Crippen LogP contribution < -0.4 is 0 Å². The van der Waals surface area contributed by atoms with Crippen molar-refractivity contribution in [1.29, 1.82) is 0 Å². The van der Waals surface area contributed by atoms with Crippen LogP contribution in [-0.4, -0.2) is 0 Å². The highest BCUT2D eigenvalue weighted by atomic mass is 14.6. The summed E-state index contributed by atoms with van der Waals surface area (Å²) >= 11 is 0. The molecule has 0 aromatic heterocycles. The molecule has 0 radical (unpaired) electrons. The van der Waals surface area contributed by atoms with Crippen LogP contribution in [0, 0.1) is 28.6 Å². The van der Waals surface area contributed by atoms with E-state index in [2.05, 4.69) is 62.4 Å². The molecule has 1 aromatic carbocycles. The first kappa shape index (κ1) is 15.9. The maximum Gasteiger partial charge on any atom is 0.00776 e. The molecule has 0 saturated heterocycles. The number of rotatable bonds is 1. The van der Waals surface area contributed by atoms with Crippen LogP contribution in [0.5, 0.6) is 0 Å². The van der Waals surface area contributed by atoms with Crippen molar-refractivity contribution in [3.63, 3.8) is 0 Å². The molecule has 0 bridgehead atoms. The van der Waals surface area contributed by atoms with Crippen molar-refractivity contribution in [2.45, 2.75) is 64.7 Å². The van der Waals surface area contributed by atoms with Gasteiger partial charge in [0, 0.05) is 5.92 Å². The van der Waals surface area contributed by atoms with E-state index in [1.54, 1.807) is 0 Å².